The molecule has 3 heteroatoms. The molecule has 0 aliphatic rings. The normalized spacial score (nSPS) is 14.1. The molecule has 0 aliphatic carbocycles. The van der Waals surface area contributed by atoms with E-state index in [1.165, 1.54) is 0 Å². The lowest BCUT2D eigenvalue weighted by molar-refractivity contribution is 0.0676. The molecule has 7 heavy (non-hydrogen) atoms. The summed E-state index contributed by atoms with van der Waals surface area (Å²) in [6.45, 7) is 0.124. The summed E-state index contributed by atoms with van der Waals surface area (Å²) < 4.78 is 5.64. The smallest absolute Gasteiger partial charge is 0.0891 e. The van der Waals surface area contributed by atoms with E-state index in [0.29, 0.717) is 0 Å². The Kier molecular flexibility index (Phi) is 5.25. The van der Waals surface area contributed by atoms with Crippen LogP contribution in [0.5, 0.6) is 0 Å². The minimum Gasteiger partial charge on any atom is -0.394 e. The van der Waals surface area contributed by atoms with Gasteiger partial charge >= 0.3 is 0 Å². The largest absolute Gasteiger partial charge is 0.394 e. The Morgan fingerprint density at radius 3 is 2.43 bits per heavy atom. The molecular formula is C4H9IO2. The van der Waals surface area contributed by atoms with Crippen molar-refractivity contribution in [3.63, 3.8) is 0 Å². The third-order valence-electron chi connectivity index (χ3n) is 0.709. The summed E-state index contributed by atoms with van der Waals surface area (Å²) in [7, 11) is 1.60. The van der Waals surface area contributed by atoms with Gasteiger partial charge in [-0.2, -0.15) is 0 Å². The lowest BCUT2D eigenvalue weighted by atomic mass is 10.4. The average molecular weight is 216 g/mol. The van der Waals surface area contributed by atoms with Crippen LogP contribution in [0.1, 0.15) is 0 Å². The molecule has 0 saturated carbocycles. The van der Waals surface area contributed by atoms with Gasteiger partial charge in [-0.3, -0.25) is 0 Å². The number of aliphatic hydroxyl groups is 1. The van der Waals surface area contributed by atoms with Crippen LogP contribution in [-0.4, -0.2) is 29.4 Å². The lowest BCUT2D eigenvalue weighted by Crippen LogP contribution is -2.16. The molecule has 1 unspecified atom stereocenters. The third kappa shape index (κ3) is 3.25. The van der Waals surface area contributed by atoms with Gasteiger partial charge in [0.2, 0.25) is 0 Å². The minimum atomic E-state index is 0.0283. The fraction of sp³-hybridized carbons (Fsp3) is 1.00. The van der Waals surface area contributed by atoms with Crippen molar-refractivity contribution in [1.29, 1.82) is 0 Å². The van der Waals surface area contributed by atoms with Crippen LogP contribution < -0.4 is 0 Å². The molecule has 0 rings (SSSR count). The maximum absolute atomic E-state index is 8.40. The van der Waals surface area contributed by atoms with E-state index in [1.54, 1.807) is 7.11 Å². The second kappa shape index (κ2) is 4.80. The minimum absolute atomic E-state index is 0.0283. The van der Waals surface area contributed by atoms with Crippen LogP contribution in [0.25, 0.3) is 0 Å². The Morgan fingerprint density at radius 1 is 1.86 bits per heavy atom. The van der Waals surface area contributed by atoms with Crippen molar-refractivity contribution in [1.82, 2.24) is 0 Å². The highest BCUT2D eigenvalue weighted by molar-refractivity contribution is 14.1. The second-order valence-corrected chi connectivity index (χ2v) is 2.08. The van der Waals surface area contributed by atoms with Crippen LogP contribution in [0.15, 0.2) is 0 Å². The number of methoxy groups -OCH3 is 1. The molecule has 1 atom stereocenters. The standard InChI is InChI=1S/C4H9IO2/c1-7-4(2-5)3-6/h4,6H,2-3H2,1H3. The molecule has 0 bridgehead atoms. The fourth-order valence-electron chi connectivity index (χ4n) is 0.186. The van der Waals surface area contributed by atoms with Gasteiger partial charge in [-0.05, 0) is 0 Å². The lowest BCUT2D eigenvalue weighted by Gasteiger charge is -2.05. The molecule has 0 radical (unpaired) electrons. The van der Waals surface area contributed by atoms with Gasteiger partial charge in [0.1, 0.15) is 0 Å². The highest BCUT2D eigenvalue weighted by Gasteiger charge is 1.98. The van der Waals surface area contributed by atoms with Crippen LogP contribution in [-0.2, 0) is 4.74 Å². The van der Waals surface area contributed by atoms with Crippen LogP contribution in [0.2, 0.25) is 0 Å². The number of aliphatic hydroxyl groups excluding tert-OH is 1. The molecule has 44 valence electrons. The van der Waals surface area contributed by atoms with E-state index in [-0.39, 0.29) is 12.7 Å². The summed E-state index contributed by atoms with van der Waals surface area (Å²) in [5.41, 5.74) is 0. The topological polar surface area (TPSA) is 29.5 Å². The zero-order valence-corrected chi connectivity index (χ0v) is 6.38. The molecular weight excluding hydrogens is 207 g/mol. The summed E-state index contributed by atoms with van der Waals surface area (Å²) in [5, 5.41) is 8.40. The van der Waals surface area contributed by atoms with Crippen molar-refractivity contribution >= 4 is 22.6 Å². The molecule has 0 fully saturated rings. The van der Waals surface area contributed by atoms with Gasteiger partial charge in [-0.15, -0.1) is 0 Å². The maximum Gasteiger partial charge on any atom is 0.0891 e. The van der Waals surface area contributed by atoms with E-state index < -0.39 is 0 Å². The Labute approximate surface area is 57.0 Å². The monoisotopic (exact) mass is 216 g/mol. The first kappa shape index (κ1) is 7.65. The number of halogens is 1. The SMILES string of the molecule is COC(CO)CI. The quantitative estimate of drug-likeness (QED) is 0.547. The first-order chi connectivity index (χ1) is 3.35. The van der Waals surface area contributed by atoms with E-state index in [0.717, 1.165) is 4.43 Å². The van der Waals surface area contributed by atoms with Crippen molar-refractivity contribution in [2.75, 3.05) is 18.1 Å². The predicted molar refractivity (Wildman–Crippen MR) is 36.8 cm³/mol. The van der Waals surface area contributed by atoms with Crippen LogP contribution in [0, 0.1) is 0 Å². The van der Waals surface area contributed by atoms with Crippen LogP contribution in [0.4, 0.5) is 0 Å². The Balaban J connectivity index is 2.99. The first-order valence-electron chi connectivity index (χ1n) is 2.04. The maximum atomic E-state index is 8.40. The van der Waals surface area contributed by atoms with Crippen molar-refractivity contribution < 1.29 is 9.84 Å². The molecule has 0 aliphatic heterocycles. The molecule has 0 amide bonds. The average Bonchev–Trinajstić information content (AvgIpc) is 1.72. The number of alkyl halides is 1. The Hall–Kier alpha value is 0.650. The number of hydrogen-bond acceptors (Lipinski definition) is 2. The Morgan fingerprint density at radius 2 is 2.43 bits per heavy atom. The van der Waals surface area contributed by atoms with Gasteiger partial charge in [-0.1, -0.05) is 22.6 Å². The predicted octanol–water partition coefficient (Wildman–Crippen LogP) is 0.429. The van der Waals surface area contributed by atoms with Crippen LogP contribution in [0.3, 0.4) is 0 Å². The summed E-state index contributed by atoms with van der Waals surface area (Å²) in [4.78, 5) is 0. The van der Waals surface area contributed by atoms with Crippen molar-refractivity contribution in [3.05, 3.63) is 0 Å². The zero-order chi connectivity index (χ0) is 5.70. The van der Waals surface area contributed by atoms with E-state index in [4.69, 9.17) is 9.84 Å². The second-order valence-electron chi connectivity index (χ2n) is 1.19. The molecule has 1 N–H and O–H groups in total. The summed E-state index contributed by atoms with van der Waals surface area (Å²) in [6.07, 6.45) is 0.0283. The van der Waals surface area contributed by atoms with E-state index in [1.807, 2.05) is 0 Å². The van der Waals surface area contributed by atoms with E-state index >= 15 is 0 Å². The summed E-state index contributed by atoms with van der Waals surface area (Å²) >= 11 is 2.16. The van der Waals surface area contributed by atoms with Gasteiger partial charge in [-0.25, -0.2) is 0 Å². The summed E-state index contributed by atoms with van der Waals surface area (Å²) in [5.74, 6) is 0. The molecule has 2 nitrogen and oxygen atoms in total. The van der Waals surface area contributed by atoms with Crippen molar-refractivity contribution in [2.45, 2.75) is 6.10 Å². The molecule has 0 spiro atoms. The van der Waals surface area contributed by atoms with Crippen molar-refractivity contribution in [2.24, 2.45) is 0 Å². The zero-order valence-electron chi connectivity index (χ0n) is 4.22. The van der Waals surface area contributed by atoms with Gasteiger partial charge in [0.15, 0.2) is 0 Å². The molecule has 0 heterocycles. The molecule has 0 aromatic heterocycles. The molecule has 0 saturated heterocycles. The number of ether oxygens (including phenoxy) is 1. The number of hydrogen-bond donors (Lipinski definition) is 1. The molecule has 0 aromatic carbocycles. The fourth-order valence-corrected chi connectivity index (χ4v) is 0.824. The van der Waals surface area contributed by atoms with Gasteiger partial charge in [0.05, 0.1) is 12.7 Å². The first-order valence-corrected chi connectivity index (χ1v) is 3.57. The summed E-state index contributed by atoms with van der Waals surface area (Å²) in [6, 6.07) is 0. The van der Waals surface area contributed by atoms with Gasteiger partial charge in [0.25, 0.3) is 0 Å². The van der Waals surface area contributed by atoms with E-state index in [2.05, 4.69) is 22.6 Å². The highest BCUT2D eigenvalue weighted by atomic mass is 127. The van der Waals surface area contributed by atoms with Crippen LogP contribution >= 0.6 is 22.6 Å². The van der Waals surface area contributed by atoms with Crippen molar-refractivity contribution in [3.8, 4) is 0 Å². The Bertz CT molecular complexity index is 31.2. The third-order valence-corrected chi connectivity index (χ3v) is 1.69. The number of rotatable bonds is 3. The molecule has 0 aromatic rings. The van der Waals surface area contributed by atoms with Gasteiger partial charge < -0.3 is 9.84 Å². The van der Waals surface area contributed by atoms with Gasteiger partial charge in [0, 0.05) is 11.5 Å². The van der Waals surface area contributed by atoms with E-state index in [9.17, 15) is 0 Å². The highest BCUT2D eigenvalue weighted by Crippen LogP contribution is 1.92.